The number of hydrogen-bond acceptors (Lipinski definition) is 4. The van der Waals surface area contributed by atoms with Gasteiger partial charge in [0.2, 0.25) is 10.0 Å². The molecule has 29 heavy (non-hydrogen) atoms. The fraction of sp³-hybridized carbons (Fsp3) is 0.300. The SMILES string of the molecule is CCC(C)NC(=O)c1ccccc1NC(=O)c1ccc(Br)c(S(=O)(=O)N(C)C)c1. The molecule has 0 heterocycles. The minimum atomic E-state index is -3.73. The van der Waals surface area contributed by atoms with Gasteiger partial charge in [-0.05, 0) is 59.6 Å². The van der Waals surface area contributed by atoms with Gasteiger partial charge in [0.25, 0.3) is 11.8 Å². The number of benzene rings is 2. The van der Waals surface area contributed by atoms with Crippen LogP contribution in [0.5, 0.6) is 0 Å². The van der Waals surface area contributed by atoms with E-state index in [-0.39, 0.29) is 22.4 Å². The van der Waals surface area contributed by atoms with Crippen molar-refractivity contribution in [2.75, 3.05) is 19.4 Å². The summed E-state index contributed by atoms with van der Waals surface area (Å²) >= 11 is 3.22. The molecule has 1 atom stereocenters. The summed E-state index contributed by atoms with van der Waals surface area (Å²) in [6.45, 7) is 3.86. The average molecular weight is 482 g/mol. The smallest absolute Gasteiger partial charge is 0.255 e. The summed E-state index contributed by atoms with van der Waals surface area (Å²) in [5.41, 5.74) is 0.836. The Bertz CT molecular complexity index is 1020. The molecule has 156 valence electrons. The van der Waals surface area contributed by atoms with Crippen LogP contribution in [0, 0.1) is 0 Å². The Morgan fingerprint density at radius 1 is 1.10 bits per heavy atom. The monoisotopic (exact) mass is 481 g/mol. The number of carbonyl (C=O) groups excluding carboxylic acids is 2. The highest BCUT2D eigenvalue weighted by molar-refractivity contribution is 9.10. The fourth-order valence-electron chi connectivity index (χ4n) is 2.43. The van der Waals surface area contributed by atoms with E-state index in [2.05, 4.69) is 26.6 Å². The maximum Gasteiger partial charge on any atom is 0.255 e. The number of sulfonamides is 1. The average Bonchev–Trinajstić information content (AvgIpc) is 2.68. The van der Waals surface area contributed by atoms with E-state index in [4.69, 9.17) is 0 Å². The predicted octanol–water partition coefficient (Wildman–Crippen LogP) is 3.48. The van der Waals surface area contributed by atoms with Gasteiger partial charge in [-0.1, -0.05) is 19.1 Å². The molecular weight excluding hydrogens is 458 g/mol. The van der Waals surface area contributed by atoms with Crippen molar-refractivity contribution >= 4 is 43.5 Å². The van der Waals surface area contributed by atoms with Gasteiger partial charge in [0.15, 0.2) is 0 Å². The van der Waals surface area contributed by atoms with Crippen molar-refractivity contribution in [3.05, 3.63) is 58.1 Å². The van der Waals surface area contributed by atoms with Gasteiger partial charge >= 0.3 is 0 Å². The number of amides is 2. The van der Waals surface area contributed by atoms with Gasteiger partial charge < -0.3 is 10.6 Å². The Morgan fingerprint density at radius 2 is 1.76 bits per heavy atom. The van der Waals surface area contributed by atoms with E-state index >= 15 is 0 Å². The number of rotatable bonds is 7. The number of nitrogens with one attached hydrogen (secondary N) is 2. The van der Waals surface area contributed by atoms with E-state index in [0.717, 1.165) is 10.7 Å². The molecule has 0 saturated carbocycles. The first kappa shape index (κ1) is 23.1. The molecule has 0 aliphatic carbocycles. The molecule has 0 bridgehead atoms. The lowest BCUT2D eigenvalue weighted by molar-refractivity contribution is 0.0940. The van der Waals surface area contributed by atoms with Crippen LogP contribution in [0.2, 0.25) is 0 Å². The van der Waals surface area contributed by atoms with E-state index in [1.165, 1.54) is 32.3 Å². The van der Waals surface area contributed by atoms with Crippen molar-refractivity contribution in [3.63, 3.8) is 0 Å². The molecule has 2 amide bonds. The minimum Gasteiger partial charge on any atom is -0.350 e. The van der Waals surface area contributed by atoms with Crippen LogP contribution in [0.4, 0.5) is 5.69 Å². The summed E-state index contributed by atoms with van der Waals surface area (Å²) in [6.07, 6.45) is 0.780. The van der Waals surface area contributed by atoms with Gasteiger partial charge in [-0.25, -0.2) is 12.7 Å². The first-order valence-electron chi connectivity index (χ1n) is 9.01. The van der Waals surface area contributed by atoms with E-state index in [9.17, 15) is 18.0 Å². The summed E-state index contributed by atoms with van der Waals surface area (Å²) in [4.78, 5) is 25.2. The lowest BCUT2D eigenvalue weighted by Gasteiger charge is -2.16. The molecule has 0 saturated heterocycles. The maximum absolute atomic E-state index is 12.8. The molecule has 2 aromatic carbocycles. The summed E-state index contributed by atoms with van der Waals surface area (Å²) in [7, 11) is -0.897. The highest BCUT2D eigenvalue weighted by atomic mass is 79.9. The summed E-state index contributed by atoms with van der Waals surface area (Å²) < 4.78 is 26.4. The van der Waals surface area contributed by atoms with Gasteiger partial charge in [0, 0.05) is 30.2 Å². The number of carbonyl (C=O) groups is 2. The normalized spacial score (nSPS) is 12.5. The number of anilines is 1. The van der Waals surface area contributed by atoms with Crippen molar-refractivity contribution in [3.8, 4) is 0 Å². The Hall–Kier alpha value is -2.23. The highest BCUT2D eigenvalue weighted by Crippen LogP contribution is 2.26. The molecule has 2 aromatic rings. The third-order valence-electron chi connectivity index (χ3n) is 4.36. The van der Waals surface area contributed by atoms with Crippen LogP contribution in [-0.2, 0) is 10.0 Å². The van der Waals surface area contributed by atoms with Crippen molar-refractivity contribution in [1.29, 1.82) is 0 Å². The maximum atomic E-state index is 12.8. The fourth-order valence-corrected chi connectivity index (χ4v) is 4.27. The Labute approximate surface area is 179 Å². The second-order valence-corrected chi connectivity index (χ2v) is 9.69. The standard InChI is InChI=1S/C20H24BrN3O4S/c1-5-13(2)22-20(26)15-8-6-7-9-17(15)23-19(25)14-10-11-16(21)18(12-14)29(27,28)24(3)4/h6-13H,5H2,1-4H3,(H,22,26)(H,23,25). The Balaban J connectivity index is 2.34. The summed E-state index contributed by atoms with van der Waals surface area (Å²) in [5, 5.41) is 5.57. The van der Waals surface area contributed by atoms with Crippen molar-refractivity contribution < 1.29 is 18.0 Å². The van der Waals surface area contributed by atoms with Crippen LogP contribution in [-0.4, -0.2) is 44.7 Å². The number of halogens is 1. The third-order valence-corrected chi connectivity index (χ3v) is 7.17. The molecule has 7 nitrogen and oxygen atoms in total. The lowest BCUT2D eigenvalue weighted by atomic mass is 10.1. The van der Waals surface area contributed by atoms with Crippen molar-refractivity contribution in [2.24, 2.45) is 0 Å². The third kappa shape index (κ3) is 5.43. The van der Waals surface area contributed by atoms with E-state index in [1.807, 2.05) is 13.8 Å². The zero-order valence-corrected chi connectivity index (χ0v) is 19.1. The molecule has 2 N–H and O–H groups in total. The van der Waals surface area contributed by atoms with Gasteiger partial charge in [-0.3, -0.25) is 9.59 Å². The quantitative estimate of drug-likeness (QED) is 0.632. The van der Waals surface area contributed by atoms with Gasteiger partial charge in [-0.2, -0.15) is 0 Å². The van der Waals surface area contributed by atoms with Gasteiger partial charge in [0.05, 0.1) is 16.1 Å². The summed E-state index contributed by atoms with van der Waals surface area (Å²) in [6, 6.07) is 11.0. The van der Waals surface area contributed by atoms with E-state index in [0.29, 0.717) is 15.7 Å². The zero-order valence-electron chi connectivity index (χ0n) is 16.7. The number of para-hydroxylation sites is 1. The molecule has 0 aliphatic heterocycles. The Kier molecular flexibility index (Phi) is 7.56. The topological polar surface area (TPSA) is 95.6 Å². The Morgan fingerprint density at radius 3 is 2.38 bits per heavy atom. The second-order valence-electron chi connectivity index (χ2n) is 6.72. The number of hydrogen-bond donors (Lipinski definition) is 2. The van der Waals surface area contributed by atoms with Crippen LogP contribution in [0.25, 0.3) is 0 Å². The second kappa shape index (κ2) is 9.51. The van der Waals surface area contributed by atoms with Gasteiger partial charge in [0.1, 0.15) is 0 Å². The van der Waals surface area contributed by atoms with Crippen LogP contribution >= 0.6 is 15.9 Å². The van der Waals surface area contributed by atoms with Gasteiger partial charge in [-0.15, -0.1) is 0 Å². The minimum absolute atomic E-state index is 0.00321. The first-order valence-corrected chi connectivity index (χ1v) is 11.2. The molecule has 0 fully saturated rings. The van der Waals surface area contributed by atoms with Crippen LogP contribution in [0.15, 0.2) is 51.8 Å². The molecule has 1 unspecified atom stereocenters. The van der Waals surface area contributed by atoms with E-state index in [1.54, 1.807) is 24.3 Å². The van der Waals surface area contributed by atoms with Crippen molar-refractivity contribution in [2.45, 2.75) is 31.2 Å². The molecule has 0 radical (unpaired) electrons. The molecule has 9 heteroatoms. The molecule has 0 aliphatic rings. The molecular formula is C20H24BrN3O4S. The van der Waals surface area contributed by atoms with Crippen LogP contribution < -0.4 is 10.6 Å². The number of nitrogens with zero attached hydrogens (tertiary/aromatic N) is 1. The highest BCUT2D eigenvalue weighted by Gasteiger charge is 2.23. The zero-order chi connectivity index (χ0) is 21.8. The summed E-state index contributed by atoms with van der Waals surface area (Å²) in [5.74, 6) is -0.807. The molecule has 0 spiro atoms. The lowest BCUT2D eigenvalue weighted by Crippen LogP contribution is -2.32. The predicted molar refractivity (Wildman–Crippen MR) is 117 cm³/mol. The van der Waals surface area contributed by atoms with E-state index < -0.39 is 15.9 Å². The van der Waals surface area contributed by atoms with Crippen molar-refractivity contribution in [1.82, 2.24) is 9.62 Å². The van der Waals surface area contributed by atoms with Crippen LogP contribution in [0.1, 0.15) is 41.0 Å². The molecule has 0 aromatic heterocycles. The first-order chi connectivity index (χ1) is 13.6. The largest absolute Gasteiger partial charge is 0.350 e. The van der Waals surface area contributed by atoms with Crippen LogP contribution in [0.3, 0.4) is 0 Å². The molecule has 2 rings (SSSR count).